The Hall–Kier alpha value is -3.77. The number of halogens is 3. The van der Waals surface area contributed by atoms with E-state index in [9.17, 15) is 4.79 Å². The lowest BCUT2D eigenvalue weighted by atomic mass is 10.2. The molecular formula is C28H18BrCl2N3O4. The maximum atomic E-state index is 13.6. The second-order valence-corrected chi connectivity index (χ2v) is 9.56. The maximum absolute atomic E-state index is 13.6. The fourth-order valence-electron chi connectivity index (χ4n) is 3.84. The highest BCUT2D eigenvalue weighted by atomic mass is 79.9. The van der Waals surface area contributed by atoms with Gasteiger partial charge in [-0.3, -0.25) is 4.79 Å². The van der Waals surface area contributed by atoms with Gasteiger partial charge < -0.3 is 13.9 Å². The van der Waals surface area contributed by atoms with Crippen molar-refractivity contribution in [2.75, 3.05) is 13.2 Å². The van der Waals surface area contributed by atoms with Crippen molar-refractivity contribution in [3.63, 3.8) is 0 Å². The van der Waals surface area contributed by atoms with Crippen LogP contribution in [0.2, 0.25) is 10.0 Å². The second kappa shape index (κ2) is 10.9. The summed E-state index contributed by atoms with van der Waals surface area (Å²) in [5.41, 5.74) is 1.27. The van der Waals surface area contributed by atoms with Crippen molar-refractivity contribution in [2.45, 2.75) is 6.92 Å². The molecule has 2 heterocycles. The summed E-state index contributed by atoms with van der Waals surface area (Å²) < 4.78 is 19.0. The first kappa shape index (κ1) is 25.9. The molecule has 5 rings (SSSR count). The van der Waals surface area contributed by atoms with Crippen molar-refractivity contribution >= 4 is 67.2 Å². The zero-order chi connectivity index (χ0) is 26.8. The number of nitrogens with zero attached hydrogens (tertiary/aromatic N) is 3. The molecular weight excluding hydrogens is 593 g/mol. The number of para-hydroxylation sites is 1. The van der Waals surface area contributed by atoms with E-state index >= 15 is 0 Å². The van der Waals surface area contributed by atoms with Gasteiger partial charge in [0, 0.05) is 20.4 Å². The standard InChI is InChI=1S/C28H18BrCl2N3O4/c1-3-11-37-26-22(36-4-2)14-17(24(29)25(26)31)15-32-34-27(33-20-8-6-5-7-19(20)28(34)35)23-13-16-12-18(30)9-10-21(16)38-23/h1,5-10,12-15H,4,11H2,2H3. The average molecular weight is 611 g/mol. The van der Waals surface area contributed by atoms with Gasteiger partial charge in [0.05, 0.1) is 23.7 Å². The van der Waals surface area contributed by atoms with Gasteiger partial charge in [0.2, 0.25) is 5.82 Å². The molecule has 0 N–H and O–H groups in total. The molecule has 0 bridgehead atoms. The van der Waals surface area contributed by atoms with E-state index in [0.717, 1.165) is 5.39 Å². The molecule has 0 unspecified atom stereocenters. The van der Waals surface area contributed by atoms with E-state index in [1.165, 1.54) is 10.9 Å². The summed E-state index contributed by atoms with van der Waals surface area (Å²) in [5, 5.41) is 6.49. The van der Waals surface area contributed by atoms with E-state index in [0.29, 0.717) is 55.4 Å². The monoisotopic (exact) mass is 609 g/mol. The Morgan fingerprint density at radius 3 is 2.79 bits per heavy atom. The molecule has 0 saturated carbocycles. The normalized spacial score (nSPS) is 11.3. The first-order chi connectivity index (χ1) is 18.4. The van der Waals surface area contributed by atoms with Gasteiger partial charge in [-0.15, -0.1) is 6.42 Å². The molecule has 0 aliphatic heterocycles. The van der Waals surface area contributed by atoms with E-state index in [1.54, 1.807) is 48.5 Å². The number of hydrogen-bond donors (Lipinski definition) is 0. The predicted octanol–water partition coefficient (Wildman–Crippen LogP) is 7.17. The smallest absolute Gasteiger partial charge is 0.282 e. The average Bonchev–Trinajstić information content (AvgIpc) is 3.33. The van der Waals surface area contributed by atoms with Gasteiger partial charge in [-0.25, -0.2) is 4.98 Å². The Morgan fingerprint density at radius 2 is 2.00 bits per heavy atom. The summed E-state index contributed by atoms with van der Waals surface area (Å²) in [6.07, 6.45) is 6.81. The van der Waals surface area contributed by atoms with E-state index in [-0.39, 0.29) is 23.0 Å². The SMILES string of the molecule is C#CCOc1c(OCC)cc(C=Nn2c(-c3cc4cc(Cl)ccc4o3)nc3ccccc3c2=O)c(Br)c1Cl. The molecule has 0 aliphatic carbocycles. The van der Waals surface area contributed by atoms with Crippen LogP contribution in [0.1, 0.15) is 12.5 Å². The lowest BCUT2D eigenvalue weighted by Gasteiger charge is -2.15. The number of rotatable bonds is 7. The van der Waals surface area contributed by atoms with Crippen LogP contribution in [0.5, 0.6) is 11.5 Å². The highest BCUT2D eigenvalue weighted by molar-refractivity contribution is 9.10. The Morgan fingerprint density at radius 1 is 1.18 bits per heavy atom. The molecule has 7 nitrogen and oxygen atoms in total. The molecule has 0 saturated heterocycles. The first-order valence-electron chi connectivity index (χ1n) is 11.4. The van der Waals surface area contributed by atoms with Crippen molar-refractivity contribution < 1.29 is 13.9 Å². The number of benzene rings is 3. The third-order valence-corrected chi connectivity index (χ3v) is 7.20. The quantitative estimate of drug-likeness (QED) is 0.144. The fraction of sp³-hybridized carbons (Fsp3) is 0.107. The molecule has 0 atom stereocenters. The van der Waals surface area contributed by atoms with Gasteiger partial charge in [-0.05, 0) is 65.3 Å². The minimum absolute atomic E-state index is 0.0178. The predicted molar refractivity (Wildman–Crippen MR) is 154 cm³/mol. The van der Waals surface area contributed by atoms with E-state index < -0.39 is 0 Å². The fourth-order valence-corrected chi connectivity index (χ4v) is 4.68. The van der Waals surface area contributed by atoms with Crippen LogP contribution in [0.15, 0.2) is 73.4 Å². The highest BCUT2D eigenvalue weighted by Gasteiger charge is 2.19. The van der Waals surface area contributed by atoms with Gasteiger partial charge in [-0.1, -0.05) is 41.3 Å². The molecule has 0 amide bonds. The van der Waals surface area contributed by atoms with E-state index in [4.69, 9.17) is 48.5 Å². The molecule has 3 aromatic carbocycles. The molecule has 0 radical (unpaired) electrons. The zero-order valence-electron chi connectivity index (χ0n) is 19.9. The van der Waals surface area contributed by atoms with Crippen LogP contribution in [0.3, 0.4) is 0 Å². The summed E-state index contributed by atoms with van der Waals surface area (Å²) in [6, 6.07) is 15.7. The zero-order valence-corrected chi connectivity index (χ0v) is 23.0. The molecule has 190 valence electrons. The Kier molecular flexibility index (Phi) is 7.43. The Labute approximate surface area is 235 Å². The lowest BCUT2D eigenvalue weighted by Crippen LogP contribution is -2.20. The van der Waals surface area contributed by atoms with Crippen LogP contribution >= 0.6 is 39.1 Å². The van der Waals surface area contributed by atoms with Crippen molar-refractivity contribution in [3.8, 4) is 35.4 Å². The first-order valence-corrected chi connectivity index (χ1v) is 12.9. The number of hydrogen-bond acceptors (Lipinski definition) is 6. The second-order valence-electron chi connectivity index (χ2n) is 7.95. The lowest BCUT2D eigenvalue weighted by molar-refractivity contribution is 0.299. The molecule has 0 aliphatic rings. The molecule has 5 aromatic rings. The molecule has 38 heavy (non-hydrogen) atoms. The topological polar surface area (TPSA) is 78.8 Å². The molecule has 10 heteroatoms. The summed E-state index contributed by atoms with van der Waals surface area (Å²) in [7, 11) is 0. The van der Waals surface area contributed by atoms with Crippen molar-refractivity contribution in [3.05, 3.63) is 85.0 Å². The number of aromatic nitrogens is 2. The third-order valence-electron chi connectivity index (χ3n) is 5.52. The number of terminal acetylenes is 1. The molecule has 0 spiro atoms. The van der Waals surface area contributed by atoms with Crippen LogP contribution in [0.25, 0.3) is 33.5 Å². The Balaban J connectivity index is 1.69. The largest absolute Gasteiger partial charge is 0.490 e. The maximum Gasteiger partial charge on any atom is 0.282 e. The van der Waals surface area contributed by atoms with Crippen LogP contribution in [0, 0.1) is 12.3 Å². The van der Waals surface area contributed by atoms with Gasteiger partial charge in [0.25, 0.3) is 5.56 Å². The van der Waals surface area contributed by atoms with Gasteiger partial charge in [0.15, 0.2) is 17.3 Å². The highest BCUT2D eigenvalue weighted by Crippen LogP contribution is 2.42. The summed E-state index contributed by atoms with van der Waals surface area (Å²) >= 11 is 16.2. The van der Waals surface area contributed by atoms with Gasteiger partial charge in [-0.2, -0.15) is 9.78 Å². The Bertz CT molecular complexity index is 1820. The minimum atomic E-state index is -0.374. The number of furan rings is 1. The van der Waals surface area contributed by atoms with Crippen LogP contribution < -0.4 is 15.0 Å². The number of fused-ring (bicyclic) bond motifs is 2. The summed E-state index contributed by atoms with van der Waals surface area (Å²) in [4.78, 5) is 18.2. The molecule has 2 aromatic heterocycles. The van der Waals surface area contributed by atoms with Crippen molar-refractivity contribution in [2.24, 2.45) is 5.10 Å². The van der Waals surface area contributed by atoms with Crippen molar-refractivity contribution in [1.29, 1.82) is 0 Å². The summed E-state index contributed by atoms with van der Waals surface area (Å²) in [5.74, 6) is 3.68. The number of ether oxygens (including phenoxy) is 2. The van der Waals surface area contributed by atoms with Crippen LogP contribution in [-0.4, -0.2) is 29.1 Å². The van der Waals surface area contributed by atoms with Crippen molar-refractivity contribution in [1.82, 2.24) is 9.66 Å². The van der Waals surface area contributed by atoms with Gasteiger partial charge >= 0.3 is 0 Å². The van der Waals surface area contributed by atoms with Gasteiger partial charge in [0.1, 0.15) is 17.2 Å². The summed E-state index contributed by atoms with van der Waals surface area (Å²) in [6.45, 7) is 2.22. The molecule has 0 fully saturated rings. The van der Waals surface area contributed by atoms with Crippen LogP contribution in [-0.2, 0) is 0 Å². The third kappa shape index (κ3) is 4.88. The van der Waals surface area contributed by atoms with E-state index in [2.05, 4.69) is 27.0 Å². The van der Waals surface area contributed by atoms with E-state index in [1.807, 2.05) is 13.0 Å². The minimum Gasteiger partial charge on any atom is -0.490 e. The van der Waals surface area contributed by atoms with Crippen LogP contribution in [0.4, 0.5) is 0 Å².